The standard InChI is InChI=1S/C8H12N4O/c9-7(8-10-1-2-11-8)12-3-5-13-6-4-12/h1-2,9H,3-6H2,(H,10,11). The number of rotatable bonds is 1. The molecule has 1 aromatic heterocycles. The molecule has 13 heavy (non-hydrogen) atoms. The summed E-state index contributed by atoms with van der Waals surface area (Å²) in [5.41, 5.74) is 0. The van der Waals surface area contributed by atoms with Crippen molar-refractivity contribution in [1.82, 2.24) is 14.9 Å². The number of hydrogen-bond acceptors (Lipinski definition) is 3. The fraction of sp³-hybridized carbons (Fsp3) is 0.500. The van der Waals surface area contributed by atoms with Gasteiger partial charge in [-0.25, -0.2) is 4.98 Å². The number of H-pyrrole nitrogens is 1. The van der Waals surface area contributed by atoms with Crippen molar-refractivity contribution in [3.8, 4) is 0 Å². The highest BCUT2D eigenvalue weighted by Gasteiger charge is 2.16. The Hall–Kier alpha value is -1.36. The lowest BCUT2D eigenvalue weighted by Gasteiger charge is -2.27. The third kappa shape index (κ3) is 1.70. The van der Waals surface area contributed by atoms with E-state index in [1.54, 1.807) is 12.4 Å². The maximum atomic E-state index is 7.82. The van der Waals surface area contributed by atoms with Crippen molar-refractivity contribution >= 4 is 5.84 Å². The molecule has 70 valence electrons. The van der Waals surface area contributed by atoms with E-state index in [1.807, 2.05) is 4.90 Å². The Bertz CT molecular complexity index is 276. The summed E-state index contributed by atoms with van der Waals surface area (Å²) in [6.45, 7) is 2.95. The van der Waals surface area contributed by atoms with Crippen LogP contribution >= 0.6 is 0 Å². The number of nitrogens with zero attached hydrogens (tertiary/aromatic N) is 2. The van der Waals surface area contributed by atoms with Gasteiger partial charge >= 0.3 is 0 Å². The number of aromatic amines is 1. The number of ether oxygens (including phenoxy) is 1. The van der Waals surface area contributed by atoms with Crippen molar-refractivity contribution < 1.29 is 4.74 Å². The number of aromatic nitrogens is 2. The van der Waals surface area contributed by atoms with Gasteiger partial charge in [0.2, 0.25) is 0 Å². The van der Waals surface area contributed by atoms with Crippen LogP contribution in [0.3, 0.4) is 0 Å². The van der Waals surface area contributed by atoms with E-state index in [4.69, 9.17) is 10.1 Å². The zero-order valence-electron chi connectivity index (χ0n) is 7.29. The second kappa shape index (κ2) is 3.57. The molecule has 0 atom stereocenters. The smallest absolute Gasteiger partial charge is 0.172 e. The highest BCUT2D eigenvalue weighted by molar-refractivity contribution is 5.92. The number of hydrogen-bond donors (Lipinski definition) is 2. The normalized spacial score (nSPS) is 17.4. The van der Waals surface area contributed by atoms with E-state index in [0.717, 1.165) is 13.1 Å². The lowest BCUT2D eigenvalue weighted by atomic mass is 10.4. The predicted octanol–water partition coefficient (Wildman–Crippen LogP) is 0.0673. The molecule has 1 aliphatic heterocycles. The molecule has 0 aromatic carbocycles. The van der Waals surface area contributed by atoms with Crippen molar-refractivity contribution in [1.29, 1.82) is 5.41 Å². The molecule has 2 rings (SSSR count). The molecular weight excluding hydrogens is 168 g/mol. The van der Waals surface area contributed by atoms with Gasteiger partial charge < -0.3 is 14.6 Å². The molecule has 1 aromatic rings. The molecule has 0 unspecified atom stereocenters. The molecule has 5 nitrogen and oxygen atoms in total. The second-order valence-electron chi connectivity index (χ2n) is 2.89. The minimum absolute atomic E-state index is 0.452. The van der Waals surface area contributed by atoms with Gasteiger partial charge in [0, 0.05) is 25.5 Å². The van der Waals surface area contributed by atoms with E-state index in [9.17, 15) is 0 Å². The summed E-state index contributed by atoms with van der Waals surface area (Å²) < 4.78 is 5.20. The summed E-state index contributed by atoms with van der Waals surface area (Å²) in [5.74, 6) is 1.08. The van der Waals surface area contributed by atoms with Crippen LogP contribution in [0.15, 0.2) is 12.4 Å². The summed E-state index contributed by atoms with van der Waals surface area (Å²) in [6.07, 6.45) is 3.38. The van der Waals surface area contributed by atoms with Crippen molar-refractivity contribution in [2.45, 2.75) is 0 Å². The fourth-order valence-corrected chi connectivity index (χ4v) is 1.33. The third-order valence-electron chi connectivity index (χ3n) is 2.05. The topological polar surface area (TPSA) is 65.0 Å². The fourth-order valence-electron chi connectivity index (χ4n) is 1.33. The maximum absolute atomic E-state index is 7.82. The number of amidine groups is 1. The van der Waals surface area contributed by atoms with Crippen LogP contribution in [0.2, 0.25) is 0 Å². The molecular formula is C8H12N4O. The van der Waals surface area contributed by atoms with Crippen molar-refractivity contribution in [2.75, 3.05) is 26.3 Å². The van der Waals surface area contributed by atoms with E-state index >= 15 is 0 Å². The van der Waals surface area contributed by atoms with Crippen LogP contribution in [0, 0.1) is 5.41 Å². The van der Waals surface area contributed by atoms with Gasteiger partial charge in [-0.15, -0.1) is 0 Å². The molecule has 0 radical (unpaired) electrons. The van der Waals surface area contributed by atoms with Crippen LogP contribution in [0.5, 0.6) is 0 Å². The van der Waals surface area contributed by atoms with E-state index in [-0.39, 0.29) is 0 Å². The van der Waals surface area contributed by atoms with Crippen LogP contribution in [0.1, 0.15) is 5.82 Å². The summed E-state index contributed by atoms with van der Waals surface area (Å²) >= 11 is 0. The molecule has 0 bridgehead atoms. The van der Waals surface area contributed by atoms with Crippen LogP contribution in [-0.2, 0) is 4.74 Å². The maximum Gasteiger partial charge on any atom is 0.172 e. The molecule has 0 saturated carbocycles. The Morgan fingerprint density at radius 1 is 1.54 bits per heavy atom. The Balaban J connectivity index is 2.04. The van der Waals surface area contributed by atoms with E-state index in [1.165, 1.54) is 0 Å². The summed E-state index contributed by atoms with van der Waals surface area (Å²) in [7, 11) is 0. The van der Waals surface area contributed by atoms with Crippen molar-refractivity contribution in [3.05, 3.63) is 18.2 Å². The van der Waals surface area contributed by atoms with E-state index in [2.05, 4.69) is 9.97 Å². The Kier molecular flexibility index (Phi) is 2.27. The van der Waals surface area contributed by atoms with Crippen LogP contribution in [-0.4, -0.2) is 47.0 Å². The molecule has 1 aliphatic rings. The molecule has 2 heterocycles. The molecule has 1 fully saturated rings. The first-order chi connectivity index (χ1) is 6.38. The Morgan fingerprint density at radius 3 is 2.92 bits per heavy atom. The summed E-state index contributed by atoms with van der Waals surface area (Å²) in [5, 5.41) is 7.82. The largest absolute Gasteiger partial charge is 0.378 e. The van der Waals surface area contributed by atoms with Gasteiger partial charge in [0.25, 0.3) is 0 Å². The SMILES string of the molecule is N=C(c1ncc[nH]1)N1CCOCC1. The minimum Gasteiger partial charge on any atom is -0.378 e. The average molecular weight is 180 g/mol. The summed E-state index contributed by atoms with van der Waals surface area (Å²) in [6, 6.07) is 0. The van der Waals surface area contributed by atoms with Gasteiger partial charge in [-0.3, -0.25) is 5.41 Å². The first kappa shape index (κ1) is 8.25. The highest BCUT2D eigenvalue weighted by Crippen LogP contribution is 2.02. The second-order valence-corrected chi connectivity index (χ2v) is 2.89. The first-order valence-corrected chi connectivity index (χ1v) is 4.29. The van der Waals surface area contributed by atoms with E-state index in [0.29, 0.717) is 24.9 Å². The van der Waals surface area contributed by atoms with Gasteiger partial charge in [-0.1, -0.05) is 0 Å². The van der Waals surface area contributed by atoms with Gasteiger partial charge in [0.05, 0.1) is 13.2 Å². The number of morpholine rings is 1. The number of imidazole rings is 1. The first-order valence-electron chi connectivity index (χ1n) is 4.29. The highest BCUT2D eigenvalue weighted by atomic mass is 16.5. The minimum atomic E-state index is 0.452. The molecule has 0 spiro atoms. The average Bonchev–Trinajstić information content (AvgIpc) is 2.71. The monoisotopic (exact) mass is 180 g/mol. The van der Waals surface area contributed by atoms with Gasteiger partial charge in [0.1, 0.15) is 0 Å². The molecule has 5 heteroatoms. The van der Waals surface area contributed by atoms with Crippen LogP contribution in [0.25, 0.3) is 0 Å². The van der Waals surface area contributed by atoms with Crippen molar-refractivity contribution in [3.63, 3.8) is 0 Å². The third-order valence-corrected chi connectivity index (χ3v) is 2.05. The lowest BCUT2D eigenvalue weighted by Crippen LogP contribution is -2.41. The van der Waals surface area contributed by atoms with Gasteiger partial charge in [-0.05, 0) is 0 Å². The Labute approximate surface area is 76.2 Å². The molecule has 0 aliphatic carbocycles. The van der Waals surface area contributed by atoms with Gasteiger partial charge in [0.15, 0.2) is 11.7 Å². The predicted molar refractivity (Wildman–Crippen MR) is 47.8 cm³/mol. The molecule has 1 saturated heterocycles. The van der Waals surface area contributed by atoms with Gasteiger partial charge in [-0.2, -0.15) is 0 Å². The quantitative estimate of drug-likeness (QED) is 0.474. The lowest BCUT2D eigenvalue weighted by molar-refractivity contribution is 0.0678. The molecule has 0 amide bonds. The zero-order chi connectivity index (χ0) is 9.10. The van der Waals surface area contributed by atoms with Crippen LogP contribution in [0.4, 0.5) is 0 Å². The van der Waals surface area contributed by atoms with Crippen molar-refractivity contribution in [2.24, 2.45) is 0 Å². The molecule has 2 N–H and O–H groups in total. The summed E-state index contributed by atoms with van der Waals surface area (Å²) in [4.78, 5) is 8.91. The zero-order valence-corrected chi connectivity index (χ0v) is 7.29. The Morgan fingerprint density at radius 2 is 2.31 bits per heavy atom. The van der Waals surface area contributed by atoms with Crippen LogP contribution < -0.4 is 0 Å². The van der Waals surface area contributed by atoms with E-state index < -0.39 is 0 Å². The number of nitrogens with one attached hydrogen (secondary N) is 2.